The van der Waals surface area contributed by atoms with Crippen LogP contribution >= 0.6 is 0 Å². The molecule has 0 heterocycles. The van der Waals surface area contributed by atoms with Crippen LogP contribution in [0.15, 0.2) is 0 Å². The van der Waals surface area contributed by atoms with Crippen molar-refractivity contribution in [2.45, 2.75) is 79.6 Å². The standard InChI is InChI=1S/C15H30O/c1-6-7-8-9-10-14(16)11-13(2)12-15(3,4)5/h13H,6-12H2,1-5H3. The Bertz CT molecular complexity index is 188. The fourth-order valence-electron chi connectivity index (χ4n) is 2.36. The maximum atomic E-state index is 11.7. The van der Waals surface area contributed by atoms with Gasteiger partial charge in [-0.1, -0.05) is 53.9 Å². The Labute approximate surface area is 102 Å². The highest BCUT2D eigenvalue weighted by atomic mass is 16.1. The van der Waals surface area contributed by atoms with Crippen LogP contribution in [0.1, 0.15) is 79.6 Å². The van der Waals surface area contributed by atoms with Gasteiger partial charge in [0.1, 0.15) is 5.78 Å². The Morgan fingerprint density at radius 3 is 2.25 bits per heavy atom. The normalized spacial score (nSPS) is 13.8. The van der Waals surface area contributed by atoms with Crippen LogP contribution in [0.5, 0.6) is 0 Å². The van der Waals surface area contributed by atoms with Gasteiger partial charge in [-0.3, -0.25) is 4.79 Å². The molecule has 16 heavy (non-hydrogen) atoms. The predicted molar refractivity (Wildman–Crippen MR) is 71.6 cm³/mol. The van der Waals surface area contributed by atoms with E-state index in [0.29, 0.717) is 17.1 Å². The molecule has 0 aromatic carbocycles. The van der Waals surface area contributed by atoms with Crippen molar-refractivity contribution in [3.63, 3.8) is 0 Å². The van der Waals surface area contributed by atoms with Crippen LogP contribution in [-0.2, 0) is 4.79 Å². The maximum absolute atomic E-state index is 11.7. The molecule has 0 aliphatic rings. The molecule has 0 amide bonds. The minimum atomic E-state index is 0.349. The molecule has 0 aliphatic carbocycles. The van der Waals surface area contributed by atoms with E-state index >= 15 is 0 Å². The Kier molecular flexibility index (Phi) is 7.70. The molecular weight excluding hydrogens is 196 g/mol. The Hall–Kier alpha value is -0.330. The zero-order valence-corrected chi connectivity index (χ0v) is 11.9. The van der Waals surface area contributed by atoms with E-state index in [2.05, 4.69) is 34.6 Å². The lowest BCUT2D eigenvalue weighted by atomic mass is 9.83. The van der Waals surface area contributed by atoms with E-state index in [1.165, 1.54) is 19.3 Å². The number of hydrogen-bond donors (Lipinski definition) is 0. The number of rotatable bonds is 8. The second-order valence-corrected chi connectivity index (χ2v) is 6.42. The van der Waals surface area contributed by atoms with Gasteiger partial charge < -0.3 is 0 Å². The first kappa shape index (κ1) is 15.7. The number of hydrogen-bond acceptors (Lipinski definition) is 1. The molecule has 0 rings (SSSR count). The summed E-state index contributed by atoms with van der Waals surface area (Å²) in [5.74, 6) is 1.01. The minimum absolute atomic E-state index is 0.349. The molecule has 0 spiro atoms. The number of carbonyl (C=O) groups is 1. The van der Waals surface area contributed by atoms with Crippen molar-refractivity contribution in [2.24, 2.45) is 11.3 Å². The lowest BCUT2D eigenvalue weighted by Crippen LogP contribution is -2.14. The van der Waals surface area contributed by atoms with E-state index in [0.717, 1.165) is 25.7 Å². The minimum Gasteiger partial charge on any atom is -0.300 e. The van der Waals surface area contributed by atoms with E-state index in [4.69, 9.17) is 0 Å². The lowest BCUT2D eigenvalue weighted by molar-refractivity contribution is -0.120. The fourth-order valence-corrected chi connectivity index (χ4v) is 2.36. The van der Waals surface area contributed by atoms with E-state index < -0.39 is 0 Å². The molecule has 0 fully saturated rings. The smallest absolute Gasteiger partial charge is 0.133 e. The summed E-state index contributed by atoms with van der Waals surface area (Å²) in [5.41, 5.74) is 0.349. The highest BCUT2D eigenvalue weighted by Crippen LogP contribution is 2.26. The highest BCUT2D eigenvalue weighted by molar-refractivity contribution is 5.78. The first-order chi connectivity index (χ1) is 7.35. The van der Waals surface area contributed by atoms with Crippen LogP contribution in [0.4, 0.5) is 0 Å². The molecular formula is C15H30O. The third kappa shape index (κ3) is 10.2. The molecule has 1 atom stereocenters. The molecule has 96 valence electrons. The van der Waals surface area contributed by atoms with Crippen LogP contribution in [0, 0.1) is 11.3 Å². The van der Waals surface area contributed by atoms with Gasteiger partial charge in [0.2, 0.25) is 0 Å². The van der Waals surface area contributed by atoms with Gasteiger partial charge in [-0.05, 0) is 24.2 Å². The van der Waals surface area contributed by atoms with Gasteiger partial charge in [0.25, 0.3) is 0 Å². The van der Waals surface area contributed by atoms with Crippen molar-refractivity contribution in [3.05, 3.63) is 0 Å². The maximum Gasteiger partial charge on any atom is 0.133 e. The molecule has 0 aromatic rings. The molecule has 0 saturated carbocycles. The molecule has 1 nitrogen and oxygen atoms in total. The second-order valence-electron chi connectivity index (χ2n) is 6.42. The summed E-state index contributed by atoms with van der Waals surface area (Å²) in [7, 11) is 0. The summed E-state index contributed by atoms with van der Waals surface area (Å²) in [4.78, 5) is 11.7. The van der Waals surface area contributed by atoms with Crippen molar-refractivity contribution < 1.29 is 4.79 Å². The SMILES string of the molecule is CCCCCCC(=O)CC(C)CC(C)(C)C. The lowest BCUT2D eigenvalue weighted by Gasteiger charge is -2.22. The molecule has 0 N–H and O–H groups in total. The van der Waals surface area contributed by atoms with Gasteiger partial charge in [0.05, 0.1) is 0 Å². The van der Waals surface area contributed by atoms with Crippen molar-refractivity contribution >= 4 is 5.78 Å². The number of carbonyl (C=O) groups excluding carboxylic acids is 1. The van der Waals surface area contributed by atoms with Gasteiger partial charge in [-0.15, -0.1) is 0 Å². The van der Waals surface area contributed by atoms with Crippen molar-refractivity contribution in [1.82, 2.24) is 0 Å². The van der Waals surface area contributed by atoms with Crippen LogP contribution in [-0.4, -0.2) is 5.78 Å². The first-order valence-corrected chi connectivity index (χ1v) is 6.87. The summed E-state index contributed by atoms with van der Waals surface area (Å²) in [6.45, 7) is 11.1. The fraction of sp³-hybridized carbons (Fsp3) is 0.933. The average Bonchev–Trinajstić information content (AvgIpc) is 2.09. The highest BCUT2D eigenvalue weighted by Gasteiger charge is 2.17. The Morgan fingerprint density at radius 1 is 1.12 bits per heavy atom. The monoisotopic (exact) mass is 226 g/mol. The van der Waals surface area contributed by atoms with Gasteiger partial charge in [-0.2, -0.15) is 0 Å². The molecule has 0 saturated heterocycles. The third-order valence-electron chi connectivity index (χ3n) is 2.85. The van der Waals surface area contributed by atoms with Gasteiger partial charge in [0, 0.05) is 12.8 Å². The van der Waals surface area contributed by atoms with Crippen LogP contribution in [0.3, 0.4) is 0 Å². The van der Waals surface area contributed by atoms with Gasteiger partial charge in [0.15, 0.2) is 0 Å². The molecule has 1 unspecified atom stereocenters. The first-order valence-electron chi connectivity index (χ1n) is 6.87. The quantitative estimate of drug-likeness (QED) is 0.533. The Balaban J connectivity index is 3.62. The summed E-state index contributed by atoms with van der Waals surface area (Å²) < 4.78 is 0. The summed E-state index contributed by atoms with van der Waals surface area (Å²) in [6.07, 6.45) is 7.55. The van der Waals surface area contributed by atoms with Gasteiger partial charge >= 0.3 is 0 Å². The summed E-state index contributed by atoms with van der Waals surface area (Å²) in [6, 6.07) is 0. The van der Waals surface area contributed by atoms with Gasteiger partial charge in [-0.25, -0.2) is 0 Å². The van der Waals surface area contributed by atoms with E-state index in [9.17, 15) is 4.79 Å². The molecule has 1 heteroatoms. The number of ketones is 1. The third-order valence-corrected chi connectivity index (χ3v) is 2.85. The van der Waals surface area contributed by atoms with E-state index in [1.54, 1.807) is 0 Å². The van der Waals surface area contributed by atoms with Crippen LogP contribution in [0.2, 0.25) is 0 Å². The number of Topliss-reactive ketones (excluding diaryl/α,β-unsaturated/α-hetero) is 1. The summed E-state index contributed by atoms with van der Waals surface area (Å²) >= 11 is 0. The molecule has 0 bridgehead atoms. The second kappa shape index (κ2) is 7.86. The van der Waals surface area contributed by atoms with Crippen molar-refractivity contribution in [2.75, 3.05) is 0 Å². The largest absolute Gasteiger partial charge is 0.300 e. The van der Waals surface area contributed by atoms with Crippen LogP contribution in [0.25, 0.3) is 0 Å². The summed E-state index contributed by atoms with van der Waals surface area (Å²) in [5, 5.41) is 0. The zero-order chi connectivity index (χ0) is 12.6. The molecule has 0 aromatic heterocycles. The van der Waals surface area contributed by atoms with E-state index in [-0.39, 0.29) is 0 Å². The predicted octanol–water partition coefficient (Wildman–Crippen LogP) is 4.99. The number of unbranched alkanes of at least 4 members (excludes halogenated alkanes) is 3. The van der Waals surface area contributed by atoms with E-state index in [1.807, 2.05) is 0 Å². The molecule has 0 aliphatic heterocycles. The average molecular weight is 226 g/mol. The zero-order valence-electron chi connectivity index (χ0n) is 11.9. The topological polar surface area (TPSA) is 17.1 Å². The van der Waals surface area contributed by atoms with Crippen molar-refractivity contribution in [1.29, 1.82) is 0 Å². The molecule has 0 radical (unpaired) electrons. The van der Waals surface area contributed by atoms with Crippen LogP contribution < -0.4 is 0 Å². The Morgan fingerprint density at radius 2 is 1.75 bits per heavy atom. The van der Waals surface area contributed by atoms with Crippen molar-refractivity contribution in [3.8, 4) is 0 Å².